The van der Waals surface area contributed by atoms with Crippen molar-refractivity contribution in [3.63, 3.8) is 0 Å². The lowest BCUT2D eigenvalue weighted by atomic mass is 10.1. The first-order valence-corrected chi connectivity index (χ1v) is 12.7. The third-order valence-corrected chi connectivity index (χ3v) is 8.01. The third-order valence-electron chi connectivity index (χ3n) is 5.16. The number of anilines is 1. The van der Waals surface area contributed by atoms with E-state index in [-0.39, 0.29) is 22.6 Å². The summed E-state index contributed by atoms with van der Waals surface area (Å²) in [7, 11) is 0. The Morgan fingerprint density at radius 1 is 1.09 bits per heavy atom. The van der Waals surface area contributed by atoms with Gasteiger partial charge in [0.25, 0.3) is 11.8 Å². The summed E-state index contributed by atoms with van der Waals surface area (Å²) in [5.74, 6) is -1.19. The fourth-order valence-corrected chi connectivity index (χ4v) is 6.13. The van der Waals surface area contributed by atoms with Crippen LogP contribution in [0.5, 0.6) is 0 Å². The van der Waals surface area contributed by atoms with Crippen LogP contribution in [0.25, 0.3) is 10.1 Å². The van der Waals surface area contributed by atoms with Crippen molar-refractivity contribution >= 4 is 67.1 Å². The number of fused-ring (bicyclic) bond motifs is 1. The van der Waals surface area contributed by atoms with E-state index < -0.39 is 11.9 Å². The first-order valence-electron chi connectivity index (χ1n) is 10.7. The number of nitrogens with zero attached hydrogens (tertiary/aromatic N) is 1. The SMILES string of the molecule is CCN(CC)C(=O)c1sc(NC(=O)c2sc3cc(C)ccc3c2Cl)c(C(=O)OC(C)C)c1C. The molecule has 0 saturated carbocycles. The van der Waals surface area contributed by atoms with E-state index in [0.29, 0.717) is 33.4 Å². The molecular formula is C24H27ClN2O4S2. The fourth-order valence-electron chi connectivity index (χ4n) is 3.46. The molecule has 0 atom stereocenters. The van der Waals surface area contributed by atoms with E-state index in [1.807, 2.05) is 39.0 Å². The molecule has 0 fully saturated rings. The van der Waals surface area contributed by atoms with Crippen LogP contribution in [0.4, 0.5) is 5.00 Å². The molecule has 0 spiro atoms. The van der Waals surface area contributed by atoms with Crippen LogP contribution >= 0.6 is 34.3 Å². The number of amides is 2. The number of nitrogens with one attached hydrogen (secondary N) is 1. The van der Waals surface area contributed by atoms with Crippen LogP contribution < -0.4 is 5.32 Å². The topological polar surface area (TPSA) is 75.7 Å². The molecule has 0 unspecified atom stereocenters. The first kappa shape index (κ1) is 25.2. The quantitative estimate of drug-likeness (QED) is 0.369. The van der Waals surface area contributed by atoms with Crippen LogP contribution in [0, 0.1) is 13.8 Å². The van der Waals surface area contributed by atoms with Gasteiger partial charge in [0.2, 0.25) is 0 Å². The normalized spacial score (nSPS) is 11.2. The predicted molar refractivity (Wildman–Crippen MR) is 136 cm³/mol. The van der Waals surface area contributed by atoms with Gasteiger partial charge < -0.3 is 15.0 Å². The summed E-state index contributed by atoms with van der Waals surface area (Å²) >= 11 is 8.88. The average Bonchev–Trinajstić information content (AvgIpc) is 3.24. The van der Waals surface area contributed by atoms with Crippen molar-refractivity contribution in [2.24, 2.45) is 0 Å². The smallest absolute Gasteiger partial charge is 0.341 e. The molecule has 1 N–H and O–H groups in total. The molecule has 0 aliphatic rings. The van der Waals surface area contributed by atoms with Gasteiger partial charge >= 0.3 is 5.97 Å². The van der Waals surface area contributed by atoms with Crippen molar-refractivity contribution in [3.05, 3.63) is 49.7 Å². The van der Waals surface area contributed by atoms with Crippen molar-refractivity contribution in [1.29, 1.82) is 0 Å². The zero-order valence-corrected chi connectivity index (χ0v) is 21.9. The van der Waals surface area contributed by atoms with E-state index in [2.05, 4.69) is 5.32 Å². The van der Waals surface area contributed by atoms with Gasteiger partial charge in [-0.3, -0.25) is 9.59 Å². The van der Waals surface area contributed by atoms with Gasteiger partial charge in [0.1, 0.15) is 9.88 Å². The maximum absolute atomic E-state index is 13.2. The number of benzene rings is 1. The van der Waals surface area contributed by atoms with E-state index in [1.54, 1.807) is 25.7 Å². The van der Waals surface area contributed by atoms with Gasteiger partial charge in [-0.05, 0) is 58.7 Å². The Bertz CT molecular complexity index is 1220. The molecule has 2 amide bonds. The second kappa shape index (κ2) is 10.2. The van der Waals surface area contributed by atoms with E-state index in [1.165, 1.54) is 11.3 Å². The molecule has 2 heterocycles. The molecule has 0 bridgehead atoms. The van der Waals surface area contributed by atoms with E-state index in [4.69, 9.17) is 16.3 Å². The second-order valence-electron chi connectivity index (χ2n) is 7.89. The number of halogens is 1. The molecule has 9 heteroatoms. The monoisotopic (exact) mass is 506 g/mol. The van der Waals surface area contributed by atoms with Gasteiger partial charge in [0, 0.05) is 23.2 Å². The number of hydrogen-bond acceptors (Lipinski definition) is 6. The highest BCUT2D eigenvalue weighted by Gasteiger charge is 2.29. The summed E-state index contributed by atoms with van der Waals surface area (Å²) in [5.41, 5.74) is 1.76. The second-order valence-corrected chi connectivity index (χ2v) is 10.3. The van der Waals surface area contributed by atoms with Gasteiger partial charge in [-0.2, -0.15) is 0 Å². The summed E-state index contributed by atoms with van der Waals surface area (Å²) in [4.78, 5) is 41.6. The van der Waals surface area contributed by atoms with Crippen molar-refractivity contribution in [2.75, 3.05) is 18.4 Å². The Labute approximate surface area is 206 Å². The van der Waals surface area contributed by atoms with Crippen LogP contribution in [0.3, 0.4) is 0 Å². The van der Waals surface area contributed by atoms with Crippen molar-refractivity contribution in [3.8, 4) is 0 Å². The summed E-state index contributed by atoms with van der Waals surface area (Å²) < 4.78 is 6.31. The Morgan fingerprint density at radius 2 is 1.76 bits per heavy atom. The molecule has 3 rings (SSSR count). The molecule has 0 radical (unpaired) electrons. The highest BCUT2D eigenvalue weighted by atomic mass is 35.5. The average molecular weight is 507 g/mol. The van der Waals surface area contributed by atoms with Gasteiger partial charge in [-0.25, -0.2) is 4.79 Å². The highest BCUT2D eigenvalue weighted by molar-refractivity contribution is 7.22. The zero-order chi connectivity index (χ0) is 24.4. The number of carbonyl (C=O) groups excluding carboxylic acids is 3. The molecule has 6 nitrogen and oxygen atoms in total. The predicted octanol–water partition coefficient (Wildman–Crippen LogP) is 6.53. The summed E-state index contributed by atoms with van der Waals surface area (Å²) in [6.45, 7) is 12.0. The Hall–Kier alpha value is -2.42. The lowest BCUT2D eigenvalue weighted by Gasteiger charge is -2.18. The van der Waals surface area contributed by atoms with Crippen molar-refractivity contribution in [1.82, 2.24) is 4.90 Å². The molecule has 0 saturated heterocycles. The standard InChI is InChI=1S/C24H27ClN2O4S2/c1-7-27(8-2)23(29)19-14(6)17(24(30)31-12(3)4)22(33-19)26-21(28)20-18(25)15-10-9-13(5)11-16(15)32-20/h9-12H,7-8H2,1-6H3,(H,26,28). The maximum Gasteiger partial charge on any atom is 0.341 e. The lowest BCUT2D eigenvalue weighted by molar-refractivity contribution is 0.0379. The summed E-state index contributed by atoms with van der Waals surface area (Å²) in [6, 6.07) is 5.81. The fraction of sp³-hybridized carbons (Fsp3) is 0.375. The lowest BCUT2D eigenvalue weighted by Crippen LogP contribution is -2.30. The minimum Gasteiger partial charge on any atom is -0.459 e. The van der Waals surface area contributed by atoms with E-state index >= 15 is 0 Å². The zero-order valence-electron chi connectivity index (χ0n) is 19.5. The number of ether oxygens (including phenoxy) is 1. The number of aryl methyl sites for hydroxylation is 1. The van der Waals surface area contributed by atoms with Crippen LogP contribution in [0.2, 0.25) is 5.02 Å². The van der Waals surface area contributed by atoms with Crippen LogP contribution in [-0.2, 0) is 4.74 Å². The molecule has 0 aliphatic carbocycles. The highest BCUT2D eigenvalue weighted by Crippen LogP contribution is 2.39. The number of rotatable bonds is 7. The minimum atomic E-state index is -0.578. The summed E-state index contributed by atoms with van der Waals surface area (Å²) in [5, 5.41) is 4.27. The summed E-state index contributed by atoms with van der Waals surface area (Å²) in [6.07, 6.45) is -0.345. The Morgan fingerprint density at radius 3 is 2.36 bits per heavy atom. The molecule has 176 valence electrons. The molecule has 2 aromatic heterocycles. The molecule has 1 aromatic carbocycles. The van der Waals surface area contributed by atoms with Crippen LogP contribution in [0.1, 0.15) is 68.5 Å². The molecule has 3 aromatic rings. The first-order chi connectivity index (χ1) is 15.6. The maximum atomic E-state index is 13.2. The van der Waals surface area contributed by atoms with Crippen LogP contribution in [0.15, 0.2) is 18.2 Å². The number of hydrogen-bond donors (Lipinski definition) is 1. The van der Waals surface area contributed by atoms with Crippen LogP contribution in [-0.4, -0.2) is 41.9 Å². The van der Waals surface area contributed by atoms with Gasteiger partial charge in [0.05, 0.1) is 21.6 Å². The number of esters is 1. The van der Waals surface area contributed by atoms with Crippen molar-refractivity contribution in [2.45, 2.75) is 47.6 Å². The van der Waals surface area contributed by atoms with E-state index in [9.17, 15) is 14.4 Å². The number of thiophene rings is 2. The van der Waals surface area contributed by atoms with Gasteiger partial charge in [0.15, 0.2) is 0 Å². The van der Waals surface area contributed by atoms with Gasteiger partial charge in [-0.1, -0.05) is 23.7 Å². The van der Waals surface area contributed by atoms with E-state index in [0.717, 1.165) is 27.0 Å². The molecule has 0 aliphatic heterocycles. The van der Waals surface area contributed by atoms with Crippen molar-refractivity contribution < 1.29 is 19.1 Å². The van der Waals surface area contributed by atoms with Gasteiger partial charge in [-0.15, -0.1) is 22.7 Å². The molecule has 33 heavy (non-hydrogen) atoms. The molecular weight excluding hydrogens is 480 g/mol. The largest absolute Gasteiger partial charge is 0.459 e. The minimum absolute atomic E-state index is 0.183. The number of carbonyl (C=O) groups is 3. The Kier molecular flexibility index (Phi) is 7.82. The Balaban J connectivity index is 2.04. The third kappa shape index (κ3) is 5.08.